The Bertz CT molecular complexity index is 763. The fourth-order valence-electron chi connectivity index (χ4n) is 4.11. The third kappa shape index (κ3) is 3.82. The lowest BCUT2D eigenvalue weighted by Crippen LogP contribution is -2.37. The van der Waals surface area contributed by atoms with Crippen molar-refractivity contribution in [1.82, 2.24) is 20.1 Å². The van der Waals surface area contributed by atoms with Gasteiger partial charge in [-0.3, -0.25) is 9.78 Å². The van der Waals surface area contributed by atoms with Crippen molar-refractivity contribution in [2.75, 3.05) is 0 Å². The average Bonchev–Trinajstić information content (AvgIpc) is 2.67. The molecule has 0 unspecified atom stereocenters. The number of pyridine rings is 1. The molecule has 2 aromatic heterocycles. The molecule has 25 heavy (non-hydrogen) atoms. The van der Waals surface area contributed by atoms with E-state index in [0.717, 1.165) is 56.5 Å². The van der Waals surface area contributed by atoms with Gasteiger partial charge < -0.3 is 5.32 Å². The summed E-state index contributed by atoms with van der Waals surface area (Å²) in [6, 6.07) is 8.62. The molecule has 5 nitrogen and oxygen atoms in total. The Balaban J connectivity index is 1.36. The molecular weight excluding hydrogens is 312 g/mol. The lowest BCUT2D eigenvalue weighted by Gasteiger charge is -2.30. The van der Waals surface area contributed by atoms with E-state index in [-0.39, 0.29) is 11.6 Å². The molecule has 0 aromatic carbocycles. The maximum Gasteiger partial charge on any atom is 0.267 e. The molecule has 1 N–H and O–H groups in total. The third-order valence-corrected chi connectivity index (χ3v) is 5.57. The van der Waals surface area contributed by atoms with E-state index >= 15 is 0 Å². The maximum atomic E-state index is 12.5. The molecule has 0 saturated heterocycles. The van der Waals surface area contributed by atoms with E-state index in [9.17, 15) is 4.79 Å². The monoisotopic (exact) mass is 338 g/mol. The van der Waals surface area contributed by atoms with Gasteiger partial charge in [0, 0.05) is 24.8 Å². The second-order valence-electron chi connectivity index (χ2n) is 7.31. The summed E-state index contributed by atoms with van der Waals surface area (Å²) in [6.07, 6.45) is 10.5. The van der Waals surface area contributed by atoms with E-state index in [2.05, 4.69) is 16.4 Å². The Morgan fingerprint density at radius 2 is 1.96 bits per heavy atom. The fraction of sp³-hybridized carbons (Fsp3) is 0.550. The normalized spacial score (nSPS) is 23.2. The summed E-state index contributed by atoms with van der Waals surface area (Å²) in [7, 11) is 0. The van der Waals surface area contributed by atoms with Crippen LogP contribution in [-0.2, 0) is 19.4 Å². The summed E-state index contributed by atoms with van der Waals surface area (Å²) < 4.78 is 1.78. The van der Waals surface area contributed by atoms with Gasteiger partial charge in [0.05, 0.1) is 17.4 Å². The number of fused-ring (bicyclic) bond motifs is 1. The molecule has 0 bridgehead atoms. The van der Waals surface area contributed by atoms with Gasteiger partial charge in [-0.25, -0.2) is 4.68 Å². The minimum absolute atomic E-state index is 0.0885. The summed E-state index contributed by atoms with van der Waals surface area (Å²) in [4.78, 5) is 16.8. The molecule has 0 atom stereocenters. The first-order valence-electron chi connectivity index (χ1n) is 9.54. The molecule has 0 amide bonds. The van der Waals surface area contributed by atoms with Gasteiger partial charge in [0.1, 0.15) is 0 Å². The maximum absolute atomic E-state index is 12.5. The van der Waals surface area contributed by atoms with Crippen LogP contribution >= 0.6 is 0 Å². The Kier molecular flexibility index (Phi) is 4.92. The second-order valence-corrected chi connectivity index (χ2v) is 7.31. The predicted octanol–water partition coefficient (Wildman–Crippen LogP) is 2.79. The first-order chi connectivity index (χ1) is 12.3. The van der Waals surface area contributed by atoms with Crippen LogP contribution in [0.4, 0.5) is 0 Å². The predicted molar refractivity (Wildman–Crippen MR) is 97.5 cm³/mol. The number of rotatable bonds is 4. The van der Waals surface area contributed by atoms with Crippen molar-refractivity contribution in [3.05, 3.63) is 57.8 Å². The molecular formula is C20H26N4O. The molecule has 1 fully saturated rings. The van der Waals surface area contributed by atoms with Crippen molar-refractivity contribution in [3.63, 3.8) is 0 Å². The topological polar surface area (TPSA) is 59.8 Å². The van der Waals surface area contributed by atoms with Crippen LogP contribution in [0.2, 0.25) is 0 Å². The molecule has 132 valence electrons. The van der Waals surface area contributed by atoms with Gasteiger partial charge in [-0.05, 0) is 69.1 Å². The molecule has 0 spiro atoms. The first kappa shape index (κ1) is 16.5. The van der Waals surface area contributed by atoms with E-state index in [1.165, 1.54) is 18.4 Å². The largest absolute Gasteiger partial charge is 0.308 e. The molecule has 1 saturated carbocycles. The molecule has 5 heteroatoms. The van der Waals surface area contributed by atoms with Crippen molar-refractivity contribution < 1.29 is 0 Å². The van der Waals surface area contributed by atoms with Crippen molar-refractivity contribution >= 4 is 0 Å². The van der Waals surface area contributed by atoms with E-state index in [4.69, 9.17) is 5.10 Å². The van der Waals surface area contributed by atoms with Crippen LogP contribution in [0, 0.1) is 0 Å². The highest BCUT2D eigenvalue weighted by molar-refractivity contribution is 5.20. The summed E-state index contributed by atoms with van der Waals surface area (Å²) >= 11 is 0. The fourth-order valence-corrected chi connectivity index (χ4v) is 4.11. The van der Waals surface area contributed by atoms with Crippen LogP contribution in [0.1, 0.15) is 61.5 Å². The van der Waals surface area contributed by atoms with Crippen LogP contribution in [0.5, 0.6) is 0 Å². The molecule has 0 radical (unpaired) electrons. The number of hydrogen-bond donors (Lipinski definition) is 1. The molecule has 2 heterocycles. The van der Waals surface area contributed by atoms with Crippen molar-refractivity contribution in [1.29, 1.82) is 0 Å². The Morgan fingerprint density at radius 3 is 2.76 bits per heavy atom. The van der Waals surface area contributed by atoms with E-state index < -0.39 is 0 Å². The lowest BCUT2D eigenvalue weighted by molar-refractivity contribution is 0.266. The molecule has 2 aliphatic rings. The zero-order chi connectivity index (χ0) is 17.1. The highest BCUT2D eigenvalue weighted by Gasteiger charge is 2.24. The zero-order valence-corrected chi connectivity index (χ0v) is 14.7. The second kappa shape index (κ2) is 7.48. The van der Waals surface area contributed by atoms with Crippen molar-refractivity contribution in [2.45, 2.75) is 70.0 Å². The third-order valence-electron chi connectivity index (χ3n) is 5.57. The van der Waals surface area contributed by atoms with E-state index in [0.29, 0.717) is 6.04 Å². The van der Waals surface area contributed by atoms with Crippen molar-refractivity contribution in [3.8, 4) is 0 Å². The number of nitrogens with one attached hydrogen (secondary N) is 1. The van der Waals surface area contributed by atoms with Gasteiger partial charge in [-0.2, -0.15) is 5.10 Å². The number of aromatic nitrogens is 3. The zero-order valence-electron chi connectivity index (χ0n) is 14.7. The summed E-state index contributed by atoms with van der Waals surface area (Å²) in [5, 5.41) is 8.33. The minimum Gasteiger partial charge on any atom is -0.308 e. The lowest BCUT2D eigenvalue weighted by atomic mass is 9.91. The van der Waals surface area contributed by atoms with Gasteiger partial charge in [0.2, 0.25) is 0 Å². The Labute approximate surface area is 148 Å². The Morgan fingerprint density at radius 1 is 1.12 bits per heavy atom. The van der Waals surface area contributed by atoms with Crippen LogP contribution < -0.4 is 10.9 Å². The van der Waals surface area contributed by atoms with Gasteiger partial charge in [0.25, 0.3) is 5.56 Å². The van der Waals surface area contributed by atoms with E-state index in [1.807, 2.05) is 24.4 Å². The highest BCUT2D eigenvalue weighted by atomic mass is 16.1. The van der Waals surface area contributed by atoms with Crippen molar-refractivity contribution in [2.24, 2.45) is 0 Å². The van der Waals surface area contributed by atoms with Gasteiger partial charge in [-0.1, -0.05) is 6.07 Å². The number of nitrogens with zero attached hydrogens (tertiary/aromatic N) is 3. The molecule has 4 rings (SSSR count). The van der Waals surface area contributed by atoms with Gasteiger partial charge >= 0.3 is 0 Å². The van der Waals surface area contributed by atoms with Gasteiger partial charge in [-0.15, -0.1) is 0 Å². The van der Waals surface area contributed by atoms with Crippen LogP contribution in [-0.4, -0.2) is 20.8 Å². The van der Waals surface area contributed by atoms with E-state index in [1.54, 1.807) is 4.68 Å². The quantitative estimate of drug-likeness (QED) is 0.931. The molecule has 0 aliphatic heterocycles. The summed E-state index contributed by atoms with van der Waals surface area (Å²) in [5.74, 6) is 0. The smallest absolute Gasteiger partial charge is 0.267 e. The van der Waals surface area contributed by atoms with Gasteiger partial charge in [0.15, 0.2) is 0 Å². The van der Waals surface area contributed by atoms with Crippen LogP contribution in [0.25, 0.3) is 0 Å². The Hall–Kier alpha value is -2.01. The summed E-state index contributed by atoms with van der Waals surface area (Å²) in [6.45, 7) is 0.813. The first-order valence-corrected chi connectivity index (χ1v) is 9.54. The highest BCUT2D eigenvalue weighted by Crippen LogP contribution is 2.28. The molecule has 2 aromatic rings. The van der Waals surface area contributed by atoms with Crippen LogP contribution in [0.3, 0.4) is 0 Å². The molecule has 2 aliphatic carbocycles. The number of hydrogen-bond acceptors (Lipinski definition) is 4. The van der Waals surface area contributed by atoms with Crippen LogP contribution in [0.15, 0.2) is 35.3 Å². The number of aryl methyl sites for hydroxylation is 2. The average molecular weight is 338 g/mol. The summed E-state index contributed by atoms with van der Waals surface area (Å²) in [5.41, 5.74) is 3.50. The standard InChI is InChI=1S/C20H26N4O/c25-20-13-15-5-1-2-7-19(15)23-24(20)18-10-8-16(9-11-18)22-14-17-6-3-4-12-21-17/h3-4,6,12-13,16,18,22H,1-2,5,7-11,14H2. The SMILES string of the molecule is O=c1cc2c(nn1C1CCC(NCc3ccccn3)CC1)CCCC2. The minimum atomic E-state index is 0.0885.